The SMILES string of the molecule is CCCN(CCC)C(=O)c1cccc(C(=O)N2C[C@@H](C)[C@H](C(=O)O)C2)c1. The Labute approximate surface area is 154 Å². The maximum atomic E-state index is 12.8. The molecule has 1 saturated heterocycles. The van der Waals surface area contributed by atoms with E-state index in [1.807, 2.05) is 25.7 Å². The van der Waals surface area contributed by atoms with Crippen LogP contribution in [0.15, 0.2) is 24.3 Å². The molecule has 6 nitrogen and oxygen atoms in total. The van der Waals surface area contributed by atoms with Gasteiger partial charge in [0.05, 0.1) is 5.92 Å². The average Bonchev–Trinajstić information content (AvgIpc) is 3.02. The number of carbonyl (C=O) groups excluding carboxylic acids is 2. The second-order valence-electron chi connectivity index (χ2n) is 7.01. The molecule has 1 aliphatic heterocycles. The van der Waals surface area contributed by atoms with Crippen LogP contribution in [-0.2, 0) is 4.79 Å². The summed E-state index contributed by atoms with van der Waals surface area (Å²) in [7, 11) is 0. The third-order valence-electron chi connectivity index (χ3n) is 4.85. The van der Waals surface area contributed by atoms with E-state index in [2.05, 4.69) is 0 Å². The van der Waals surface area contributed by atoms with Crippen molar-refractivity contribution in [2.24, 2.45) is 11.8 Å². The molecule has 0 saturated carbocycles. The number of likely N-dealkylation sites (tertiary alicyclic amines) is 1. The summed E-state index contributed by atoms with van der Waals surface area (Å²) in [6.07, 6.45) is 1.76. The zero-order chi connectivity index (χ0) is 19.3. The number of amides is 2. The van der Waals surface area contributed by atoms with E-state index < -0.39 is 11.9 Å². The summed E-state index contributed by atoms with van der Waals surface area (Å²) in [5.74, 6) is -1.76. The lowest BCUT2D eigenvalue weighted by atomic mass is 9.99. The molecule has 1 fully saturated rings. The van der Waals surface area contributed by atoms with E-state index in [9.17, 15) is 19.5 Å². The standard InChI is InChI=1S/C20H28N2O4/c1-4-9-21(10-5-2)18(23)15-7-6-8-16(11-15)19(24)22-12-14(3)17(13-22)20(25)26/h6-8,11,14,17H,4-5,9-10,12-13H2,1-3H3,(H,25,26)/t14-,17-/m1/s1. The van der Waals surface area contributed by atoms with Crippen molar-refractivity contribution in [2.45, 2.75) is 33.6 Å². The third kappa shape index (κ3) is 4.42. The van der Waals surface area contributed by atoms with Gasteiger partial charge in [-0.15, -0.1) is 0 Å². The molecule has 0 unspecified atom stereocenters. The first-order valence-electron chi connectivity index (χ1n) is 9.30. The molecule has 0 bridgehead atoms. The third-order valence-corrected chi connectivity index (χ3v) is 4.85. The zero-order valence-electron chi connectivity index (χ0n) is 15.8. The van der Waals surface area contributed by atoms with Crippen LogP contribution in [0.3, 0.4) is 0 Å². The van der Waals surface area contributed by atoms with Crippen LogP contribution < -0.4 is 0 Å². The van der Waals surface area contributed by atoms with Crippen LogP contribution in [0.25, 0.3) is 0 Å². The minimum atomic E-state index is -0.869. The van der Waals surface area contributed by atoms with E-state index in [1.165, 1.54) is 0 Å². The van der Waals surface area contributed by atoms with Gasteiger partial charge in [-0.25, -0.2) is 0 Å². The Morgan fingerprint density at radius 3 is 2.27 bits per heavy atom. The number of carbonyl (C=O) groups is 3. The van der Waals surface area contributed by atoms with E-state index in [-0.39, 0.29) is 24.3 Å². The Morgan fingerprint density at radius 2 is 1.73 bits per heavy atom. The topological polar surface area (TPSA) is 77.9 Å². The first kappa shape index (κ1) is 19.9. The molecule has 1 N–H and O–H groups in total. The maximum Gasteiger partial charge on any atom is 0.308 e. The first-order chi connectivity index (χ1) is 12.4. The van der Waals surface area contributed by atoms with Gasteiger partial charge in [0.25, 0.3) is 11.8 Å². The van der Waals surface area contributed by atoms with Crippen LogP contribution in [0.4, 0.5) is 0 Å². The van der Waals surface area contributed by atoms with Crippen molar-refractivity contribution in [1.29, 1.82) is 0 Å². The smallest absolute Gasteiger partial charge is 0.308 e. The molecule has 1 heterocycles. The minimum absolute atomic E-state index is 0.0680. The van der Waals surface area contributed by atoms with Gasteiger partial charge in [-0.05, 0) is 37.0 Å². The molecule has 0 aliphatic carbocycles. The summed E-state index contributed by atoms with van der Waals surface area (Å²) in [4.78, 5) is 40.2. The van der Waals surface area contributed by atoms with Crippen molar-refractivity contribution in [2.75, 3.05) is 26.2 Å². The lowest BCUT2D eigenvalue weighted by Gasteiger charge is -2.22. The number of nitrogens with zero attached hydrogens (tertiary/aromatic N) is 2. The Bertz CT molecular complexity index is 668. The number of carboxylic acid groups (broad SMARTS) is 1. The van der Waals surface area contributed by atoms with Gasteiger partial charge in [-0.1, -0.05) is 26.8 Å². The number of benzene rings is 1. The fourth-order valence-corrected chi connectivity index (χ4v) is 3.46. The normalized spacial score (nSPS) is 19.4. The zero-order valence-corrected chi connectivity index (χ0v) is 15.8. The summed E-state index contributed by atoms with van der Waals surface area (Å²) >= 11 is 0. The monoisotopic (exact) mass is 360 g/mol. The molecule has 1 aliphatic rings. The summed E-state index contributed by atoms with van der Waals surface area (Å²) in [6.45, 7) is 7.92. The van der Waals surface area contributed by atoms with Gasteiger partial charge in [0, 0.05) is 37.3 Å². The number of hydrogen-bond donors (Lipinski definition) is 1. The van der Waals surface area contributed by atoms with Crippen LogP contribution in [0.1, 0.15) is 54.3 Å². The Hall–Kier alpha value is -2.37. The molecule has 2 atom stereocenters. The van der Waals surface area contributed by atoms with Gasteiger partial charge in [-0.3, -0.25) is 14.4 Å². The molecule has 1 aromatic rings. The van der Waals surface area contributed by atoms with Gasteiger partial charge in [-0.2, -0.15) is 0 Å². The highest BCUT2D eigenvalue weighted by Gasteiger charge is 2.37. The average molecular weight is 360 g/mol. The summed E-state index contributed by atoms with van der Waals surface area (Å²) < 4.78 is 0. The van der Waals surface area contributed by atoms with Gasteiger partial charge >= 0.3 is 5.97 Å². The van der Waals surface area contributed by atoms with Crippen LogP contribution in [0.2, 0.25) is 0 Å². The highest BCUT2D eigenvalue weighted by atomic mass is 16.4. The number of aliphatic carboxylic acids is 1. The first-order valence-corrected chi connectivity index (χ1v) is 9.30. The Kier molecular flexibility index (Phi) is 6.77. The molecule has 0 aromatic heterocycles. The van der Waals surface area contributed by atoms with E-state index in [4.69, 9.17) is 0 Å². The summed E-state index contributed by atoms with van der Waals surface area (Å²) in [5, 5.41) is 9.24. The van der Waals surface area contributed by atoms with Crippen molar-refractivity contribution in [3.63, 3.8) is 0 Å². The molecule has 1 aromatic carbocycles. The van der Waals surface area contributed by atoms with Crippen molar-refractivity contribution in [1.82, 2.24) is 9.80 Å². The maximum absolute atomic E-state index is 12.8. The van der Waals surface area contributed by atoms with Crippen molar-refractivity contribution in [3.05, 3.63) is 35.4 Å². The largest absolute Gasteiger partial charge is 0.481 e. The fraction of sp³-hybridized carbons (Fsp3) is 0.550. The van der Waals surface area contributed by atoms with Crippen LogP contribution in [0, 0.1) is 11.8 Å². The second-order valence-corrected chi connectivity index (χ2v) is 7.01. The quantitative estimate of drug-likeness (QED) is 0.811. The number of carboxylic acids is 1. The molecule has 0 radical (unpaired) electrons. The molecular formula is C20H28N2O4. The predicted octanol–water partition coefficient (Wildman–Crippen LogP) is 2.74. The van der Waals surface area contributed by atoms with Crippen LogP contribution in [-0.4, -0.2) is 58.9 Å². The lowest BCUT2D eigenvalue weighted by molar-refractivity contribution is -0.142. The van der Waals surface area contributed by atoms with Crippen LogP contribution >= 0.6 is 0 Å². The lowest BCUT2D eigenvalue weighted by Crippen LogP contribution is -2.33. The predicted molar refractivity (Wildman–Crippen MR) is 99.1 cm³/mol. The van der Waals surface area contributed by atoms with Gasteiger partial charge < -0.3 is 14.9 Å². The van der Waals surface area contributed by atoms with Crippen molar-refractivity contribution in [3.8, 4) is 0 Å². The molecule has 0 spiro atoms. The fourth-order valence-electron chi connectivity index (χ4n) is 3.46. The Morgan fingerprint density at radius 1 is 1.12 bits per heavy atom. The van der Waals surface area contributed by atoms with E-state index >= 15 is 0 Å². The molecule has 6 heteroatoms. The second kappa shape index (κ2) is 8.83. The minimum Gasteiger partial charge on any atom is -0.481 e. The highest BCUT2D eigenvalue weighted by Crippen LogP contribution is 2.25. The molecule has 26 heavy (non-hydrogen) atoms. The molecule has 142 valence electrons. The number of rotatable bonds is 7. The van der Waals surface area contributed by atoms with Crippen molar-refractivity contribution < 1.29 is 19.5 Å². The van der Waals surface area contributed by atoms with Gasteiger partial charge in [0.15, 0.2) is 0 Å². The summed E-state index contributed by atoms with van der Waals surface area (Å²) in [5.41, 5.74) is 0.932. The van der Waals surface area contributed by atoms with E-state index in [1.54, 1.807) is 29.2 Å². The van der Waals surface area contributed by atoms with E-state index in [0.717, 1.165) is 12.8 Å². The number of hydrogen-bond acceptors (Lipinski definition) is 3. The van der Waals surface area contributed by atoms with E-state index in [0.29, 0.717) is 30.8 Å². The Balaban J connectivity index is 2.17. The molecular weight excluding hydrogens is 332 g/mol. The van der Waals surface area contributed by atoms with Gasteiger partial charge in [0.1, 0.15) is 0 Å². The highest BCUT2D eigenvalue weighted by molar-refractivity contribution is 6.00. The van der Waals surface area contributed by atoms with Gasteiger partial charge in [0.2, 0.25) is 0 Å². The molecule has 2 amide bonds. The van der Waals surface area contributed by atoms with Crippen molar-refractivity contribution >= 4 is 17.8 Å². The van der Waals surface area contributed by atoms with Crippen LogP contribution in [0.5, 0.6) is 0 Å². The molecule has 2 rings (SSSR count). The summed E-state index contributed by atoms with van der Waals surface area (Å²) in [6, 6.07) is 6.75.